The fourth-order valence-electron chi connectivity index (χ4n) is 3.78. The van der Waals surface area contributed by atoms with Gasteiger partial charge in [0.25, 0.3) is 0 Å². The van der Waals surface area contributed by atoms with Crippen LogP contribution in [0.2, 0.25) is 4.34 Å². The van der Waals surface area contributed by atoms with Gasteiger partial charge in [0.2, 0.25) is 0 Å². The topological polar surface area (TPSA) is 98.2 Å². The van der Waals surface area contributed by atoms with Crippen LogP contribution in [0.4, 0.5) is 0 Å². The van der Waals surface area contributed by atoms with Crippen molar-refractivity contribution in [1.82, 2.24) is 9.78 Å². The third kappa shape index (κ3) is 4.60. The summed E-state index contributed by atoms with van der Waals surface area (Å²) in [6, 6.07) is 16.5. The standard InChI is InChI=1S/C23H24ClN3O3S2/c1-23(2,28)17-7-4-8-19-22(17)18(14-32(29,30)21-10-9-20(24)31-21)26-27(19)13-16-6-3-5-15(11-16)12-25/h3-11,28H,12-14,25H2,1-2H3. The fraction of sp³-hybridized carbons (Fsp3) is 0.261. The summed E-state index contributed by atoms with van der Waals surface area (Å²) in [4.78, 5) is 0. The van der Waals surface area contributed by atoms with Gasteiger partial charge in [-0.25, -0.2) is 8.42 Å². The van der Waals surface area contributed by atoms with Gasteiger partial charge in [0.05, 0.1) is 27.7 Å². The maximum absolute atomic E-state index is 13.1. The van der Waals surface area contributed by atoms with Crippen LogP contribution in [-0.4, -0.2) is 23.3 Å². The molecule has 32 heavy (non-hydrogen) atoms. The van der Waals surface area contributed by atoms with Crippen molar-refractivity contribution in [2.45, 2.75) is 42.5 Å². The molecule has 3 N–H and O–H groups in total. The number of nitrogens with two attached hydrogens (primary N) is 1. The summed E-state index contributed by atoms with van der Waals surface area (Å²) in [6.45, 7) is 4.25. The minimum atomic E-state index is -3.66. The van der Waals surface area contributed by atoms with Crippen LogP contribution in [0.25, 0.3) is 10.9 Å². The molecule has 4 aromatic rings. The highest BCUT2D eigenvalue weighted by Crippen LogP contribution is 2.34. The van der Waals surface area contributed by atoms with Gasteiger partial charge >= 0.3 is 0 Å². The number of aliphatic hydroxyl groups is 1. The van der Waals surface area contributed by atoms with Gasteiger partial charge in [-0.3, -0.25) is 4.68 Å². The Bertz CT molecular complexity index is 1390. The van der Waals surface area contributed by atoms with E-state index in [0.717, 1.165) is 28.0 Å². The van der Waals surface area contributed by atoms with Crippen molar-refractivity contribution in [2.75, 3.05) is 0 Å². The average Bonchev–Trinajstić information content (AvgIpc) is 3.32. The number of thiophene rings is 1. The molecule has 2 aromatic carbocycles. The first-order chi connectivity index (χ1) is 15.1. The van der Waals surface area contributed by atoms with Gasteiger partial charge in [0.1, 0.15) is 9.96 Å². The van der Waals surface area contributed by atoms with E-state index < -0.39 is 15.4 Å². The molecule has 0 unspecified atom stereocenters. The van der Waals surface area contributed by atoms with Gasteiger partial charge in [0.15, 0.2) is 9.84 Å². The molecule has 2 aromatic heterocycles. The SMILES string of the molecule is CC(C)(O)c1cccc2c1c(CS(=O)(=O)c1ccc(Cl)s1)nn2Cc1cccc(CN)c1. The second kappa shape index (κ2) is 8.61. The molecule has 0 atom stereocenters. The molecule has 4 rings (SSSR count). The molecule has 0 aliphatic carbocycles. The number of sulfone groups is 1. The van der Waals surface area contributed by atoms with E-state index >= 15 is 0 Å². The third-order valence-electron chi connectivity index (χ3n) is 5.25. The molecule has 0 bridgehead atoms. The number of nitrogens with zero attached hydrogens (tertiary/aromatic N) is 2. The van der Waals surface area contributed by atoms with Crippen LogP contribution >= 0.6 is 22.9 Å². The van der Waals surface area contributed by atoms with E-state index in [9.17, 15) is 13.5 Å². The summed E-state index contributed by atoms with van der Waals surface area (Å²) in [5.41, 5.74) is 8.41. The molecule has 9 heteroatoms. The summed E-state index contributed by atoms with van der Waals surface area (Å²) in [6.07, 6.45) is 0. The monoisotopic (exact) mass is 489 g/mol. The first kappa shape index (κ1) is 22.9. The van der Waals surface area contributed by atoms with Gasteiger partial charge in [-0.2, -0.15) is 5.10 Å². The van der Waals surface area contributed by atoms with Crippen LogP contribution in [0.3, 0.4) is 0 Å². The van der Waals surface area contributed by atoms with Gasteiger partial charge < -0.3 is 10.8 Å². The van der Waals surface area contributed by atoms with Crippen LogP contribution in [0.5, 0.6) is 0 Å². The largest absolute Gasteiger partial charge is 0.386 e. The number of halogens is 1. The van der Waals surface area contributed by atoms with E-state index in [1.54, 1.807) is 24.6 Å². The highest BCUT2D eigenvalue weighted by Gasteiger charge is 2.27. The van der Waals surface area contributed by atoms with Gasteiger partial charge in [-0.15, -0.1) is 11.3 Å². The summed E-state index contributed by atoms with van der Waals surface area (Å²) in [5.74, 6) is -0.288. The van der Waals surface area contributed by atoms with Gasteiger partial charge in [-0.1, -0.05) is 48.0 Å². The van der Waals surface area contributed by atoms with E-state index in [1.165, 1.54) is 6.07 Å². The van der Waals surface area contributed by atoms with E-state index in [0.29, 0.717) is 34.1 Å². The van der Waals surface area contributed by atoms with Crippen molar-refractivity contribution in [2.24, 2.45) is 5.73 Å². The molecule has 0 aliphatic rings. The second-order valence-corrected chi connectivity index (χ2v) is 12.1. The van der Waals surface area contributed by atoms with Crippen LogP contribution < -0.4 is 5.73 Å². The lowest BCUT2D eigenvalue weighted by atomic mass is 9.94. The molecule has 0 saturated carbocycles. The minimum Gasteiger partial charge on any atom is -0.386 e. The molecular formula is C23H24ClN3O3S2. The zero-order valence-electron chi connectivity index (χ0n) is 17.7. The fourth-order valence-corrected chi connectivity index (χ4v) is 6.63. The second-order valence-electron chi connectivity index (χ2n) is 8.20. The Morgan fingerprint density at radius 1 is 1.12 bits per heavy atom. The Hall–Kier alpha value is -2.23. The van der Waals surface area contributed by atoms with E-state index in [1.807, 2.05) is 42.5 Å². The van der Waals surface area contributed by atoms with Crippen molar-refractivity contribution >= 4 is 43.7 Å². The molecule has 0 fully saturated rings. The van der Waals surface area contributed by atoms with E-state index in [-0.39, 0.29) is 9.96 Å². The quantitative estimate of drug-likeness (QED) is 0.399. The molecule has 0 saturated heterocycles. The van der Waals surface area contributed by atoms with Crippen molar-refractivity contribution in [3.63, 3.8) is 0 Å². The van der Waals surface area contributed by atoms with Crippen LogP contribution in [0.1, 0.15) is 36.2 Å². The average molecular weight is 490 g/mol. The predicted molar refractivity (Wildman–Crippen MR) is 129 cm³/mol. The van der Waals surface area contributed by atoms with Crippen LogP contribution in [0.15, 0.2) is 58.8 Å². The zero-order valence-corrected chi connectivity index (χ0v) is 20.1. The number of hydrogen-bond donors (Lipinski definition) is 2. The van der Waals surface area contributed by atoms with Crippen molar-refractivity contribution in [3.05, 3.63) is 81.3 Å². The normalized spacial score (nSPS) is 12.5. The smallest absolute Gasteiger partial charge is 0.193 e. The van der Waals surface area contributed by atoms with E-state index in [2.05, 4.69) is 0 Å². The highest BCUT2D eigenvalue weighted by molar-refractivity contribution is 7.92. The lowest BCUT2D eigenvalue weighted by Crippen LogP contribution is -2.16. The summed E-state index contributed by atoms with van der Waals surface area (Å²) < 4.78 is 28.6. The molecule has 2 heterocycles. The Morgan fingerprint density at radius 3 is 2.50 bits per heavy atom. The number of fused-ring (bicyclic) bond motifs is 1. The first-order valence-electron chi connectivity index (χ1n) is 10.1. The van der Waals surface area contributed by atoms with Gasteiger partial charge in [-0.05, 0) is 48.7 Å². The summed E-state index contributed by atoms with van der Waals surface area (Å²) in [5, 5.41) is 16.1. The highest BCUT2D eigenvalue weighted by atomic mass is 35.5. The Morgan fingerprint density at radius 2 is 1.84 bits per heavy atom. The molecule has 0 radical (unpaired) electrons. The minimum absolute atomic E-state index is 0.196. The lowest BCUT2D eigenvalue weighted by molar-refractivity contribution is 0.0801. The third-order valence-corrected chi connectivity index (χ3v) is 8.69. The first-order valence-corrected chi connectivity index (χ1v) is 12.9. The van der Waals surface area contributed by atoms with Gasteiger partial charge in [0, 0.05) is 11.9 Å². The Balaban J connectivity index is 1.86. The summed E-state index contributed by atoms with van der Waals surface area (Å²) in [7, 11) is -3.66. The van der Waals surface area contributed by atoms with Crippen molar-refractivity contribution in [3.8, 4) is 0 Å². The van der Waals surface area contributed by atoms with Crippen LogP contribution in [0, 0.1) is 0 Å². The van der Waals surface area contributed by atoms with Crippen molar-refractivity contribution < 1.29 is 13.5 Å². The molecule has 6 nitrogen and oxygen atoms in total. The molecular weight excluding hydrogens is 466 g/mol. The maximum atomic E-state index is 13.1. The number of hydrogen-bond acceptors (Lipinski definition) is 6. The molecule has 0 amide bonds. The lowest BCUT2D eigenvalue weighted by Gasteiger charge is -2.19. The number of aromatic nitrogens is 2. The summed E-state index contributed by atoms with van der Waals surface area (Å²) >= 11 is 6.99. The Labute approximate surface area is 196 Å². The molecule has 168 valence electrons. The van der Waals surface area contributed by atoms with Crippen molar-refractivity contribution in [1.29, 1.82) is 0 Å². The maximum Gasteiger partial charge on any atom is 0.193 e. The predicted octanol–water partition coefficient (Wildman–Crippen LogP) is 4.46. The Kier molecular flexibility index (Phi) is 6.17. The zero-order chi connectivity index (χ0) is 23.1. The van der Waals surface area contributed by atoms with Crippen LogP contribution in [-0.2, 0) is 34.3 Å². The van der Waals surface area contributed by atoms with E-state index in [4.69, 9.17) is 22.4 Å². The number of benzene rings is 2. The molecule has 0 aliphatic heterocycles. The molecule has 0 spiro atoms. The number of rotatable bonds is 7.